The zero-order chi connectivity index (χ0) is 14.4. The van der Waals surface area contributed by atoms with Crippen LogP contribution >= 0.6 is 0 Å². The van der Waals surface area contributed by atoms with E-state index in [0.29, 0.717) is 13.1 Å². The molecule has 4 heteroatoms. The zero-order valence-electron chi connectivity index (χ0n) is 12.2. The first-order valence-corrected chi connectivity index (χ1v) is 7.48. The van der Waals surface area contributed by atoms with Crippen molar-refractivity contribution in [2.24, 2.45) is 0 Å². The minimum absolute atomic E-state index is 0.133. The van der Waals surface area contributed by atoms with Crippen LogP contribution < -0.4 is 4.90 Å². The molecule has 4 rings (SSSR count). The second-order valence-corrected chi connectivity index (χ2v) is 6.27. The number of hydroxylamine groups is 3. The Balaban J connectivity index is 1.90. The van der Waals surface area contributed by atoms with Gasteiger partial charge in [0.15, 0.2) is 0 Å². The largest absolute Gasteiger partial charge is 0.633 e. The molecule has 4 nitrogen and oxygen atoms in total. The Morgan fingerprint density at radius 2 is 2.00 bits per heavy atom. The Bertz CT molecular complexity index is 683. The summed E-state index contributed by atoms with van der Waals surface area (Å²) in [6, 6.07) is 12.8. The number of hydrogen-bond acceptors (Lipinski definition) is 3. The van der Waals surface area contributed by atoms with Crippen molar-refractivity contribution in [1.29, 1.82) is 0 Å². The van der Waals surface area contributed by atoms with Crippen molar-refractivity contribution in [1.82, 2.24) is 4.98 Å². The van der Waals surface area contributed by atoms with Gasteiger partial charge in [-0.25, -0.2) is 4.98 Å². The fourth-order valence-corrected chi connectivity index (χ4v) is 3.60. The first-order chi connectivity index (χ1) is 10.1. The molecule has 2 aromatic rings. The number of likely N-dealkylation sites (N-methyl/N-ethyl adjacent to an activating group) is 1. The molecule has 1 aromatic heterocycles. The van der Waals surface area contributed by atoms with Crippen molar-refractivity contribution >= 4 is 5.82 Å². The SMILES string of the molecule is C[N@@+]1([O-])CCN2c3ncccc3Cc3ccccc3[C@@H]2C1. The summed E-state index contributed by atoms with van der Waals surface area (Å²) in [5.74, 6) is 1.05. The Morgan fingerprint density at radius 3 is 2.90 bits per heavy atom. The van der Waals surface area contributed by atoms with E-state index in [2.05, 4.69) is 40.2 Å². The van der Waals surface area contributed by atoms with Gasteiger partial charge in [0.1, 0.15) is 18.4 Å². The highest BCUT2D eigenvalue weighted by Crippen LogP contribution is 2.38. The van der Waals surface area contributed by atoms with Gasteiger partial charge >= 0.3 is 0 Å². The van der Waals surface area contributed by atoms with Gasteiger partial charge in [-0.1, -0.05) is 30.3 Å². The summed E-state index contributed by atoms with van der Waals surface area (Å²) < 4.78 is -0.169. The minimum atomic E-state index is -0.169. The molecule has 3 heterocycles. The van der Waals surface area contributed by atoms with Crippen LogP contribution in [0.3, 0.4) is 0 Å². The maximum Gasteiger partial charge on any atom is 0.132 e. The molecule has 0 aliphatic carbocycles. The van der Waals surface area contributed by atoms with Gasteiger partial charge in [0.05, 0.1) is 20.1 Å². The van der Waals surface area contributed by atoms with E-state index in [4.69, 9.17) is 0 Å². The molecule has 1 fully saturated rings. The summed E-state index contributed by atoms with van der Waals surface area (Å²) in [6.45, 7) is 1.98. The topological polar surface area (TPSA) is 39.2 Å². The molecule has 0 N–H and O–H groups in total. The highest BCUT2D eigenvalue weighted by Gasteiger charge is 2.37. The molecule has 0 saturated carbocycles. The summed E-state index contributed by atoms with van der Waals surface area (Å²) in [5.41, 5.74) is 3.87. The number of rotatable bonds is 0. The van der Waals surface area contributed by atoms with Crippen molar-refractivity contribution in [3.05, 3.63) is 64.5 Å². The molecule has 0 unspecified atom stereocenters. The lowest BCUT2D eigenvalue weighted by atomic mass is 9.96. The lowest BCUT2D eigenvalue weighted by Crippen LogP contribution is -2.55. The molecule has 0 radical (unpaired) electrons. The Hall–Kier alpha value is -1.91. The van der Waals surface area contributed by atoms with E-state index in [9.17, 15) is 5.21 Å². The van der Waals surface area contributed by atoms with Crippen molar-refractivity contribution in [2.45, 2.75) is 12.5 Å². The van der Waals surface area contributed by atoms with E-state index >= 15 is 0 Å². The third-order valence-electron chi connectivity index (χ3n) is 4.68. The summed E-state index contributed by atoms with van der Waals surface area (Å²) in [4.78, 5) is 6.94. The Labute approximate surface area is 124 Å². The third kappa shape index (κ3) is 2.11. The lowest BCUT2D eigenvalue weighted by Gasteiger charge is -2.49. The molecule has 2 aliphatic heterocycles. The van der Waals surface area contributed by atoms with Crippen LogP contribution in [0.5, 0.6) is 0 Å². The summed E-state index contributed by atoms with van der Waals surface area (Å²) in [5, 5.41) is 12.5. The Kier molecular flexibility index (Phi) is 2.77. The molecule has 0 spiro atoms. The molecular weight excluding hydrogens is 262 g/mol. The second kappa shape index (κ2) is 4.55. The van der Waals surface area contributed by atoms with Gasteiger partial charge in [-0.15, -0.1) is 0 Å². The maximum atomic E-state index is 12.5. The van der Waals surface area contributed by atoms with Crippen LogP contribution in [0.25, 0.3) is 0 Å². The molecule has 1 saturated heterocycles. The molecule has 0 bridgehead atoms. The fourth-order valence-electron chi connectivity index (χ4n) is 3.60. The highest BCUT2D eigenvalue weighted by molar-refractivity contribution is 5.55. The average molecular weight is 281 g/mol. The zero-order valence-corrected chi connectivity index (χ0v) is 12.2. The van der Waals surface area contributed by atoms with Gasteiger partial charge in [0.25, 0.3) is 0 Å². The number of anilines is 1. The first-order valence-electron chi connectivity index (χ1n) is 7.48. The van der Waals surface area contributed by atoms with Gasteiger partial charge in [0, 0.05) is 12.6 Å². The van der Waals surface area contributed by atoms with E-state index in [0.717, 1.165) is 18.8 Å². The quantitative estimate of drug-likeness (QED) is 0.550. The van der Waals surface area contributed by atoms with E-state index in [-0.39, 0.29) is 10.7 Å². The van der Waals surface area contributed by atoms with Gasteiger partial charge < -0.3 is 14.8 Å². The normalized spacial score (nSPS) is 27.3. The van der Waals surface area contributed by atoms with Crippen LogP contribution in [0.2, 0.25) is 0 Å². The predicted octanol–water partition coefficient (Wildman–Crippen LogP) is 2.49. The predicted molar refractivity (Wildman–Crippen MR) is 82.9 cm³/mol. The molecular formula is C17H19N3O. The van der Waals surface area contributed by atoms with Gasteiger partial charge in [-0.05, 0) is 22.8 Å². The number of hydrogen-bond donors (Lipinski definition) is 0. The summed E-state index contributed by atoms with van der Waals surface area (Å²) in [6.07, 6.45) is 2.75. The lowest BCUT2D eigenvalue weighted by molar-refractivity contribution is -0.864. The van der Waals surface area contributed by atoms with E-state index < -0.39 is 0 Å². The van der Waals surface area contributed by atoms with Crippen LogP contribution in [0.15, 0.2) is 42.6 Å². The first kappa shape index (κ1) is 12.8. The monoisotopic (exact) mass is 281 g/mol. The van der Waals surface area contributed by atoms with Crippen LogP contribution in [-0.4, -0.2) is 36.3 Å². The number of pyridine rings is 1. The van der Waals surface area contributed by atoms with Crippen molar-refractivity contribution in [3.8, 4) is 0 Å². The van der Waals surface area contributed by atoms with Gasteiger partial charge in [0.2, 0.25) is 0 Å². The average Bonchev–Trinajstić information content (AvgIpc) is 2.60. The number of quaternary nitrogens is 1. The Morgan fingerprint density at radius 1 is 1.19 bits per heavy atom. The number of aromatic nitrogens is 1. The van der Waals surface area contributed by atoms with E-state index in [1.165, 1.54) is 16.7 Å². The highest BCUT2D eigenvalue weighted by atomic mass is 16.5. The molecule has 1 aromatic carbocycles. The van der Waals surface area contributed by atoms with Crippen LogP contribution in [0.4, 0.5) is 5.82 Å². The molecule has 2 atom stereocenters. The maximum absolute atomic E-state index is 12.5. The van der Waals surface area contributed by atoms with E-state index in [1.807, 2.05) is 12.3 Å². The molecule has 2 aliphatic rings. The van der Waals surface area contributed by atoms with Crippen LogP contribution in [0.1, 0.15) is 22.7 Å². The summed E-state index contributed by atoms with van der Waals surface area (Å²) >= 11 is 0. The second-order valence-electron chi connectivity index (χ2n) is 6.27. The number of piperazine rings is 1. The molecule has 108 valence electrons. The van der Waals surface area contributed by atoms with E-state index in [1.54, 1.807) is 7.05 Å². The van der Waals surface area contributed by atoms with Crippen molar-refractivity contribution < 1.29 is 4.65 Å². The van der Waals surface area contributed by atoms with Crippen molar-refractivity contribution in [2.75, 3.05) is 31.6 Å². The number of benzene rings is 1. The number of nitrogens with zero attached hydrogens (tertiary/aromatic N) is 3. The smallest absolute Gasteiger partial charge is 0.132 e. The fraction of sp³-hybridized carbons (Fsp3) is 0.353. The van der Waals surface area contributed by atoms with Crippen LogP contribution in [0, 0.1) is 5.21 Å². The molecule has 21 heavy (non-hydrogen) atoms. The summed E-state index contributed by atoms with van der Waals surface area (Å²) in [7, 11) is 1.78. The van der Waals surface area contributed by atoms with Gasteiger partial charge in [-0.2, -0.15) is 0 Å². The van der Waals surface area contributed by atoms with Gasteiger partial charge in [-0.3, -0.25) is 0 Å². The minimum Gasteiger partial charge on any atom is -0.633 e. The standard InChI is InChI=1S/C17H19N3O/c1-20(21)10-9-19-16(12-20)15-7-3-2-5-13(15)11-14-6-4-8-18-17(14)19/h2-8,16H,9-12H2,1H3/t16-,20+/m0/s1. The molecule has 0 amide bonds. The van der Waals surface area contributed by atoms with Crippen molar-refractivity contribution in [3.63, 3.8) is 0 Å². The number of fused-ring (bicyclic) bond motifs is 5. The third-order valence-corrected chi connectivity index (χ3v) is 4.68. The van der Waals surface area contributed by atoms with Crippen LogP contribution in [-0.2, 0) is 6.42 Å².